The van der Waals surface area contributed by atoms with Gasteiger partial charge >= 0.3 is 0 Å². The van der Waals surface area contributed by atoms with Gasteiger partial charge in [0.15, 0.2) is 5.96 Å². The third-order valence-corrected chi connectivity index (χ3v) is 5.54. The molecule has 140 valence electrons. The number of hydrogen-bond acceptors (Lipinski definition) is 3. The Morgan fingerprint density at radius 1 is 1.21 bits per heavy atom. The first kappa shape index (κ1) is 19.5. The summed E-state index contributed by atoms with van der Waals surface area (Å²) >= 11 is 0. The van der Waals surface area contributed by atoms with E-state index < -0.39 is 0 Å². The summed E-state index contributed by atoms with van der Waals surface area (Å²) in [6, 6.07) is 0. The van der Waals surface area contributed by atoms with E-state index in [0.29, 0.717) is 6.10 Å². The first-order valence-corrected chi connectivity index (χ1v) is 9.77. The van der Waals surface area contributed by atoms with Crippen LogP contribution in [0.25, 0.3) is 0 Å². The molecule has 0 aromatic carbocycles. The predicted molar refractivity (Wildman–Crippen MR) is 102 cm³/mol. The summed E-state index contributed by atoms with van der Waals surface area (Å²) in [7, 11) is 1.83. The van der Waals surface area contributed by atoms with E-state index in [-0.39, 0.29) is 5.54 Å². The number of piperidine rings is 2. The van der Waals surface area contributed by atoms with Crippen LogP contribution in [0.15, 0.2) is 4.99 Å². The summed E-state index contributed by atoms with van der Waals surface area (Å²) in [5, 5.41) is 3.50. The quantitative estimate of drug-likeness (QED) is 0.618. The molecule has 2 fully saturated rings. The van der Waals surface area contributed by atoms with Crippen LogP contribution in [0.3, 0.4) is 0 Å². The molecule has 0 aromatic rings. The van der Waals surface area contributed by atoms with Gasteiger partial charge in [0.25, 0.3) is 0 Å². The number of aliphatic imine (C=N–C) groups is 1. The van der Waals surface area contributed by atoms with E-state index in [1.54, 1.807) is 0 Å². The Morgan fingerprint density at radius 2 is 1.92 bits per heavy atom. The lowest BCUT2D eigenvalue weighted by Crippen LogP contribution is -2.52. The zero-order valence-electron chi connectivity index (χ0n) is 16.5. The molecule has 2 aliphatic heterocycles. The molecule has 1 N–H and O–H groups in total. The van der Waals surface area contributed by atoms with Crippen LogP contribution in [0.2, 0.25) is 0 Å². The van der Waals surface area contributed by atoms with Gasteiger partial charge < -0.3 is 15.0 Å². The topological polar surface area (TPSA) is 40.1 Å². The highest BCUT2D eigenvalue weighted by atomic mass is 16.5. The van der Waals surface area contributed by atoms with Crippen LogP contribution >= 0.6 is 0 Å². The summed E-state index contributed by atoms with van der Waals surface area (Å²) in [4.78, 5) is 10.0. The summed E-state index contributed by atoms with van der Waals surface area (Å²) in [6.07, 6.45) is 5.32. The third-order valence-electron chi connectivity index (χ3n) is 5.54. The first-order valence-electron chi connectivity index (χ1n) is 9.77. The van der Waals surface area contributed by atoms with Crippen LogP contribution in [-0.4, -0.2) is 73.8 Å². The Morgan fingerprint density at radius 3 is 2.50 bits per heavy atom. The van der Waals surface area contributed by atoms with Crippen LogP contribution in [0, 0.1) is 5.92 Å². The molecule has 24 heavy (non-hydrogen) atoms. The molecule has 2 rings (SSSR count). The molecule has 0 aromatic heterocycles. The van der Waals surface area contributed by atoms with E-state index in [1.807, 2.05) is 7.11 Å². The third kappa shape index (κ3) is 5.35. The van der Waals surface area contributed by atoms with Gasteiger partial charge in [-0.25, -0.2) is 0 Å². The Labute approximate surface area is 148 Å². The largest absolute Gasteiger partial charge is 0.381 e. The summed E-state index contributed by atoms with van der Waals surface area (Å²) in [5.74, 6) is 1.87. The molecule has 0 amide bonds. The van der Waals surface area contributed by atoms with Crippen molar-refractivity contribution in [3.8, 4) is 0 Å². The maximum Gasteiger partial charge on any atom is 0.193 e. The molecule has 5 heteroatoms. The molecule has 0 bridgehead atoms. The monoisotopic (exact) mass is 338 g/mol. The van der Waals surface area contributed by atoms with Gasteiger partial charge in [0.05, 0.1) is 12.6 Å². The van der Waals surface area contributed by atoms with Gasteiger partial charge in [0.1, 0.15) is 0 Å². The van der Waals surface area contributed by atoms with Crippen LogP contribution < -0.4 is 5.32 Å². The molecule has 2 saturated heterocycles. The van der Waals surface area contributed by atoms with Crippen LogP contribution in [0.5, 0.6) is 0 Å². The van der Waals surface area contributed by atoms with Crippen LogP contribution in [0.4, 0.5) is 0 Å². The second-order valence-electron chi connectivity index (χ2n) is 8.10. The van der Waals surface area contributed by atoms with Crippen LogP contribution in [0.1, 0.15) is 53.4 Å². The van der Waals surface area contributed by atoms with E-state index in [1.165, 1.54) is 12.8 Å². The van der Waals surface area contributed by atoms with Gasteiger partial charge in [-0.05, 0) is 52.4 Å². The fourth-order valence-electron chi connectivity index (χ4n) is 3.87. The second-order valence-corrected chi connectivity index (χ2v) is 8.10. The van der Waals surface area contributed by atoms with E-state index in [9.17, 15) is 0 Å². The van der Waals surface area contributed by atoms with E-state index in [2.05, 4.69) is 42.8 Å². The van der Waals surface area contributed by atoms with E-state index in [0.717, 1.165) is 64.0 Å². The predicted octanol–water partition coefficient (Wildman–Crippen LogP) is 2.57. The van der Waals surface area contributed by atoms with E-state index >= 15 is 0 Å². The van der Waals surface area contributed by atoms with Crippen molar-refractivity contribution in [3.05, 3.63) is 0 Å². The maximum absolute atomic E-state index is 5.50. The average molecular weight is 339 g/mol. The molecule has 2 aliphatic rings. The second kappa shape index (κ2) is 9.04. The lowest BCUT2D eigenvalue weighted by Gasteiger charge is -2.42. The fourth-order valence-corrected chi connectivity index (χ4v) is 3.87. The van der Waals surface area contributed by atoms with Crippen molar-refractivity contribution in [2.75, 3.05) is 46.4 Å². The summed E-state index contributed by atoms with van der Waals surface area (Å²) in [6.45, 7) is 15.4. The van der Waals surface area contributed by atoms with Gasteiger partial charge in [-0.2, -0.15) is 0 Å². The Kier molecular flexibility index (Phi) is 7.35. The summed E-state index contributed by atoms with van der Waals surface area (Å²) < 4.78 is 5.50. The minimum absolute atomic E-state index is 0.0980. The number of nitrogens with zero attached hydrogens (tertiary/aromatic N) is 3. The Bertz CT molecular complexity index is 402. The number of methoxy groups -OCH3 is 1. The molecular formula is C19H38N4O. The molecule has 5 nitrogen and oxygen atoms in total. The number of nitrogens with one attached hydrogen (secondary N) is 1. The van der Waals surface area contributed by atoms with Gasteiger partial charge in [0, 0.05) is 45.4 Å². The lowest BCUT2D eigenvalue weighted by molar-refractivity contribution is 0.00902. The highest BCUT2D eigenvalue weighted by Gasteiger charge is 2.31. The molecule has 1 unspecified atom stereocenters. The van der Waals surface area contributed by atoms with Crippen molar-refractivity contribution in [2.24, 2.45) is 10.9 Å². The number of hydrogen-bond donors (Lipinski definition) is 1. The van der Waals surface area contributed by atoms with Crippen LogP contribution in [-0.2, 0) is 4.74 Å². The molecule has 0 radical (unpaired) electrons. The number of guanidine groups is 1. The maximum atomic E-state index is 5.50. The molecule has 2 heterocycles. The standard InChI is InChI=1S/C19H38N4O/c1-6-20-18(22-11-7-8-16(2)14-22)21-15-19(3,4)23-12-9-17(24-5)10-13-23/h16-17H,6-15H2,1-5H3,(H,20,21). The normalized spacial score (nSPS) is 25.1. The minimum atomic E-state index is 0.0980. The number of rotatable bonds is 5. The molecule has 0 spiro atoms. The van der Waals surface area contributed by atoms with Gasteiger partial charge in [0.2, 0.25) is 0 Å². The zero-order chi connectivity index (χ0) is 17.6. The van der Waals surface area contributed by atoms with Gasteiger partial charge in [-0.1, -0.05) is 6.92 Å². The number of likely N-dealkylation sites (tertiary alicyclic amines) is 2. The minimum Gasteiger partial charge on any atom is -0.381 e. The van der Waals surface area contributed by atoms with Crippen molar-refractivity contribution < 1.29 is 4.74 Å². The highest BCUT2D eigenvalue weighted by Crippen LogP contribution is 2.23. The molecule has 0 saturated carbocycles. The van der Waals surface area contributed by atoms with Gasteiger partial charge in [-0.15, -0.1) is 0 Å². The average Bonchev–Trinajstić information content (AvgIpc) is 2.58. The molecule has 1 atom stereocenters. The van der Waals surface area contributed by atoms with Crippen molar-refractivity contribution in [3.63, 3.8) is 0 Å². The smallest absolute Gasteiger partial charge is 0.193 e. The zero-order valence-corrected chi connectivity index (χ0v) is 16.5. The Hall–Kier alpha value is -0.810. The van der Waals surface area contributed by atoms with E-state index in [4.69, 9.17) is 9.73 Å². The summed E-state index contributed by atoms with van der Waals surface area (Å²) in [5.41, 5.74) is 0.0980. The van der Waals surface area contributed by atoms with Gasteiger partial charge in [-0.3, -0.25) is 9.89 Å². The highest BCUT2D eigenvalue weighted by molar-refractivity contribution is 5.80. The molecule has 0 aliphatic carbocycles. The Balaban J connectivity index is 1.96. The number of ether oxygens (including phenoxy) is 1. The molecular weight excluding hydrogens is 300 g/mol. The SMILES string of the molecule is CCNC(=NCC(C)(C)N1CCC(OC)CC1)N1CCCC(C)C1. The lowest BCUT2D eigenvalue weighted by atomic mass is 9.97. The van der Waals surface area contributed by atoms with Crippen molar-refractivity contribution in [1.29, 1.82) is 0 Å². The van der Waals surface area contributed by atoms with Crippen molar-refractivity contribution in [1.82, 2.24) is 15.1 Å². The fraction of sp³-hybridized carbons (Fsp3) is 0.947. The van der Waals surface area contributed by atoms with Crippen molar-refractivity contribution in [2.45, 2.75) is 65.0 Å². The first-order chi connectivity index (χ1) is 11.5. The van der Waals surface area contributed by atoms with Crippen molar-refractivity contribution >= 4 is 5.96 Å².